The minimum atomic E-state index is 0. The largest absolute Gasteiger partial charge is 0.302 e. The van der Waals surface area contributed by atoms with E-state index < -0.39 is 0 Å². The lowest BCUT2D eigenvalue weighted by molar-refractivity contribution is 0.276. The summed E-state index contributed by atoms with van der Waals surface area (Å²) in [5.74, 6) is 0. The fourth-order valence-corrected chi connectivity index (χ4v) is 4.46. The first-order chi connectivity index (χ1) is 14.3. The molecule has 1 rings (SSSR count). The van der Waals surface area contributed by atoms with Crippen LogP contribution in [0.3, 0.4) is 0 Å². The van der Waals surface area contributed by atoms with Crippen molar-refractivity contribution in [3.05, 3.63) is 35.9 Å². The van der Waals surface area contributed by atoms with Crippen molar-refractivity contribution in [1.82, 2.24) is 4.90 Å². The van der Waals surface area contributed by atoms with Crippen LogP contribution in [0.15, 0.2) is 30.3 Å². The molecule has 0 radical (unpaired) electrons. The van der Waals surface area contributed by atoms with Gasteiger partial charge in [0.15, 0.2) is 0 Å². The fraction of sp³-hybridized carbons (Fsp3) is 0.786. The van der Waals surface area contributed by atoms with Gasteiger partial charge in [0.05, 0.1) is 0 Å². The predicted molar refractivity (Wildman–Crippen MR) is 139 cm³/mol. The highest BCUT2D eigenvalue weighted by Gasteiger charge is 2.12. The Labute approximate surface area is 195 Å². The van der Waals surface area contributed by atoms with Crippen LogP contribution < -0.4 is 0 Å². The van der Waals surface area contributed by atoms with E-state index in [9.17, 15) is 0 Å². The quantitative estimate of drug-likeness (QED) is 0.183. The van der Waals surface area contributed by atoms with E-state index in [4.69, 9.17) is 0 Å². The Morgan fingerprint density at radius 2 is 0.933 bits per heavy atom. The van der Waals surface area contributed by atoms with Gasteiger partial charge in [0.25, 0.3) is 0 Å². The van der Waals surface area contributed by atoms with Crippen molar-refractivity contribution in [2.45, 2.75) is 129 Å². The topological polar surface area (TPSA) is 3.24 Å². The van der Waals surface area contributed by atoms with Crippen LogP contribution >= 0.6 is 12.4 Å². The monoisotopic (exact) mass is 437 g/mol. The van der Waals surface area contributed by atoms with Gasteiger partial charge in [-0.05, 0) is 26.1 Å². The van der Waals surface area contributed by atoms with Crippen molar-refractivity contribution in [3.63, 3.8) is 0 Å². The summed E-state index contributed by atoms with van der Waals surface area (Å²) in [6, 6.07) is 11.6. The van der Waals surface area contributed by atoms with Crippen molar-refractivity contribution in [2.75, 3.05) is 14.1 Å². The molecule has 1 aromatic rings. The molecule has 1 aromatic carbocycles. The lowest BCUT2D eigenvalue weighted by Gasteiger charge is -2.24. The van der Waals surface area contributed by atoms with Gasteiger partial charge in [0.1, 0.15) is 0 Å². The van der Waals surface area contributed by atoms with Crippen LogP contribution in [0.25, 0.3) is 0 Å². The molecule has 0 N–H and O–H groups in total. The number of unbranched alkanes of at least 4 members (excludes halogenated alkanes) is 16. The van der Waals surface area contributed by atoms with Crippen molar-refractivity contribution >= 4 is 12.4 Å². The maximum Gasteiger partial charge on any atom is 0.0342 e. The van der Waals surface area contributed by atoms with Crippen LogP contribution in [0.1, 0.15) is 134 Å². The second-order valence-electron chi connectivity index (χ2n) is 9.34. The van der Waals surface area contributed by atoms with Crippen LogP contribution in [0.4, 0.5) is 0 Å². The highest BCUT2D eigenvalue weighted by atomic mass is 35.5. The van der Waals surface area contributed by atoms with Gasteiger partial charge in [-0.2, -0.15) is 0 Å². The summed E-state index contributed by atoms with van der Waals surface area (Å²) >= 11 is 0. The van der Waals surface area contributed by atoms with Crippen molar-refractivity contribution < 1.29 is 0 Å². The summed E-state index contributed by atoms with van der Waals surface area (Å²) in [6.45, 7) is 2.30. The summed E-state index contributed by atoms with van der Waals surface area (Å²) in [7, 11) is 4.43. The number of halogens is 1. The molecule has 1 atom stereocenters. The van der Waals surface area contributed by atoms with Crippen LogP contribution in [0, 0.1) is 0 Å². The van der Waals surface area contributed by atoms with Gasteiger partial charge in [0.2, 0.25) is 0 Å². The van der Waals surface area contributed by atoms with Gasteiger partial charge in [-0.3, -0.25) is 0 Å². The Morgan fingerprint density at radius 3 is 1.30 bits per heavy atom. The van der Waals surface area contributed by atoms with Crippen molar-refractivity contribution in [2.24, 2.45) is 0 Å². The van der Waals surface area contributed by atoms with Crippen LogP contribution in [-0.4, -0.2) is 19.0 Å². The summed E-state index contributed by atoms with van der Waals surface area (Å²) in [5, 5.41) is 0. The number of hydrogen-bond acceptors (Lipinski definition) is 1. The first-order valence-corrected chi connectivity index (χ1v) is 13.0. The molecule has 0 saturated heterocycles. The Bertz CT molecular complexity index is 445. The molecule has 0 heterocycles. The molecular formula is C28H52ClN. The normalized spacial score (nSPS) is 12.1. The van der Waals surface area contributed by atoms with Gasteiger partial charge >= 0.3 is 0 Å². The number of nitrogens with zero attached hydrogens (tertiary/aromatic N) is 1. The lowest BCUT2D eigenvalue weighted by atomic mass is 9.98. The smallest absolute Gasteiger partial charge is 0.0342 e. The number of hydrogen-bond donors (Lipinski definition) is 0. The first kappa shape index (κ1) is 29.5. The minimum Gasteiger partial charge on any atom is -0.302 e. The molecule has 0 spiro atoms. The van der Waals surface area contributed by atoms with E-state index in [1.54, 1.807) is 0 Å². The first-order valence-electron chi connectivity index (χ1n) is 13.0. The minimum absolute atomic E-state index is 0. The molecule has 176 valence electrons. The maximum absolute atomic E-state index is 2.38. The van der Waals surface area contributed by atoms with Gasteiger partial charge < -0.3 is 4.90 Å². The lowest BCUT2D eigenvalue weighted by Crippen LogP contribution is -2.19. The number of benzene rings is 1. The predicted octanol–water partition coefficient (Wildman–Crippen LogP) is 9.75. The summed E-state index contributed by atoms with van der Waals surface area (Å²) in [6.07, 6.45) is 25.9. The van der Waals surface area contributed by atoms with Gasteiger partial charge in [0, 0.05) is 6.04 Å². The third-order valence-electron chi connectivity index (χ3n) is 6.39. The van der Waals surface area contributed by atoms with E-state index >= 15 is 0 Å². The Balaban J connectivity index is 0.00000841. The average molecular weight is 438 g/mol. The molecule has 0 fully saturated rings. The second kappa shape index (κ2) is 21.7. The molecule has 0 bridgehead atoms. The summed E-state index contributed by atoms with van der Waals surface area (Å²) in [5.41, 5.74) is 1.47. The zero-order valence-electron chi connectivity index (χ0n) is 20.5. The Hall–Kier alpha value is -0.530. The van der Waals surface area contributed by atoms with Gasteiger partial charge in [-0.25, -0.2) is 0 Å². The van der Waals surface area contributed by atoms with Crippen LogP contribution in [0.5, 0.6) is 0 Å². The highest BCUT2D eigenvalue weighted by Crippen LogP contribution is 2.24. The van der Waals surface area contributed by atoms with E-state index in [1.165, 1.54) is 121 Å². The molecule has 0 aromatic heterocycles. The molecule has 0 amide bonds. The molecule has 1 unspecified atom stereocenters. The van der Waals surface area contributed by atoms with Crippen LogP contribution in [0.2, 0.25) is 0 Å². The standard InChI is InChI=1S/C28H51N.ClH/c1-4-5-6-7-8-9-10-11-12-13-14-15-16-17-18-19-23-26-28(29(2)3)27-24-21-20-22-25-27;/h20-22,24-25,28H,4-19,23,26H2,1-3H3;1H. The van der Waals surface area contributed by atoms with E-state index in [-0.39, 0.29) is 12.4 Å². The SMILES string of the molecule is CCCCCCCCCCCCCCCCCCCC(c1ccccc1)N(C)C.Cl. The van der Waals surface area contributed by atoms with Crippen molar-refractivity contribution in [3.8, 4) is 0 Å². The summed E-state index contributed by atoms with van der Waals surface area (Å²) in [4.78, 5) is 2.38. The van der Waals surface area contributed by atoms with Crippen LogP contribution in [-0.2, 0) is 0 Å². The van der Waals surface area contributed by atoms with E-state index in [0.717, 1.165) is 0 Å². The molecule has 0 saturated carbocycles. The molecule has 2 heteroatoms. The Morgan fingerprint density at radius 1 is 0.567 bits per heavy atom. The van der Waals surface area contributed by atoms with E-state index in [2.05, 4.69) is 56.3 Å². The second-order valence-corrected chi connectivity index (χ2v) is 9.34. The van der Waals surface area contributed by atoms with Gasteiger partial charge in [-0.15, -0.1) is 12.4 Å². The highest BCUT2D eigenvalue weighted by molar-refractivity contribution is 5.85. The van der Waals surface area contributed by atoms with Crippen molar-refractivity contribution in [1.29, 1.82) is 0 Å². The molecule has 30 heavy (non-hydrogen) atoms. The van der Waals surface area contributed by atoms with E-state index in [1.807, 2.05) is 0 Å². The third-order valence-corrected chi connectivity index (χ3v) is 6.39. The fourth-order valence-electron chi connectivity index (χ4n) is 4.46. The molecular weight excluding hydrogens is 386 g/mol. The zero-order chi connectivity index (χ0) is 21.0. The average Bonchev–Trinajstić information content (AvgIpc) is 2.73. The Kier molecular flexibility index (Phi) is 21.3. The molecule has 1 nitrogen and oxygen atoms in total. The third kappa shape index (κ3) is 16.2. The van der Waals surface area contributed by atoms with E-state index in [0.29, 0.717) is 6.04 Å². The molecule has 0 aliphatic rings. The maximum atomic E-state index is 2.38. The molecule has 0 aliphatic carbocycles. The molecule has 0 aliphatic heterocycles. The number of rotatable bonds is 20. The van der Waals surface area contributed by atoms with Gasteiger partial charge in [-0.1, -0.05) is 146 Å². The summed E-state index contributed by atoms with van der Waals surface area (Å²) < 4.78 is 0. The zero-order valence-corrected chi connectivity index (χ0v) is 21.4.